The van der Waals surface area contributed by atoms with Crippen LogP contribution in [0.2, 0.25) is 0 Å². The summed E-state index contributed by atoms with van der Waals surface area (Å²) >= 11 is 1.55. The second-order valence-corrected chi connectivity index (χ2v) is 5.70. The Labute approximate surface area is 130 Å². The van der Waals surface area contributed by atoms with Crippen molar-refractivity contribution in [2.24, 2.45) is 0 Å². The predicted molar refractivity (Wildman–Crippen MR) is 84.4 cm³/mol. The molecule has 0 unspecified atom stereocenters. The number of carbonyl (C=O) groups excluding carboxylic acids is 2. The molecule has 7 heteroatoms. The van der Waals surface area contributed by atoms with E-state index in [9.17, 15) is 9.59 Å². The highest BCUT2D eigenvalue weighted by Crippen LogP contribution is 2.11. The van der Waals surface area contributed by atoms with Crippen LogP contribution in [0.4, 0.5) is 4.79 Å². The number of benzene rings is 1. The van der Waals surface area contributed by atoms with Crippen LogP contribution in [0.15, 0.2) is 48.1 Å². The zero-order valence-corrected chi connectivity index (χ0v) is 12.5. The third kappa shape index (κ3) is 3.32. The van der Waals surface area contributed by atoms with Crippen LogP contribution in [0.1, 0.15) is 4.88 Å². The first-order valence-electron chi connectivity index (χ1n) is 6.72. The fraction of sp³-hybridized carbons (Fsp3) is 0.133. The summed E-state index contributed by atoms with van der Waals surface area (Å²) in [6.45, 7) is 0.456. The smallest absolute Gasteiger partial charge is 0.321 e. The summed E-state index contributed by atoms with van der Waals surface area (Å²) in [6, 6.07) is 10.9. The zero-order chi connectivity index (χ0) is 15.4. The minimum absolute atomic E-state index is 0.0485. The standard InChI is InChI=1S/C15H14N4O2S/c20-14(18-15(21)16-8-11-4-3-7-22-11)9-19-10-17-12-5-1-2-6-13(12)19/h1-7,10H,8-9H2,(H2,16,18,20,21). The molecule has 3 aromatic rings. The van der Waals surface area contributed by atoms with Crippen molar-refractivity contribution in [3.8, 4) is 0 Å². The van der Waals surface area contributed by atoms with Crippen molar-refractivity contribution in [1.82, 2.24) is 20.2 Å². The number of fused-ring (bicyclic) bond motifs is 1. The Balaban J connectivity index is 1.54. The van der Waals surface area contributed by atoms with Crippen LogP contribution < -0.4 is 10.6 Å². The van der Waals surface area contributed by atoms with Crippen LogP contribution in [0, 0.1) is 0 Å². The fourth-order valence-electron chi connectivity index (χ4n) is 2.08. The topological polar surface area (TPSA) is 76.0 Å². The van der Waals surface area contributed by atoms with Gasteiger partial charge in [-0.15, -0.1) is 11.3 Å². The fourth-order valence-corrected chi connectivity index (χ4v) is 2.73. The van der Waals surface area contributed by atoms with Crippen molar-refractivity contribution in [2.75, 3.05) is 0 Å². The average Bonchev–Trinajstić information content (AvgIpc) is 3.15. The molecular formula is C15H14N4O2S. The molecule has 0 atom stereocenters. The van der Waals surface area contributed by atoms with Crippen molar-refractivity contribution in [3.05, 3.63) is 53.0 Å². The van der Waals surface area contributed by atoms with E-state index in [4.69, 9.17) is 0 Å². The van der Waals surface area contributed by atoms with Gasteiger partial charge >= 0.3 is 6.03 Å². The molecule has 3 rings (SSSR count). The van der Waals surface area contributed by atoms with Crippen molar-refractivity contribution >= 4 is 34.3 Å². The van der Waals surface area contributed by atoms with Crippen LogP contribution in [0.5, 0.6) is 0 Å². The van der Waals surface area contributed by atoms with E-state index in [2.05, 4.69) is 15.6 Å². The molecule has 0 aliphatic carbocycles. The van der Waals surface area contributed by atoms with E-state index in [0.717, 1.165) is 15.9 Å². The number of rotatable bonds is 4. The second kappa shape index (κ2) is 6.40. The Kier molecular flexibility index (Phi) is 4.15. The van der Waals surface area contributed by atoms with Gasteiger partial charge in [-0.1, -0.05) is 18.2 Å². The van der Waals surface area contributed by atoms with E-state index in [-0.39, 0.29) is 12.5 Å². The molecule has 1 aromatic carbocycles. The second-order valence-electron chi connectivity index (χ2n) is 4.67. The maximum absolute atomic E-state index is 11.9. The molecule has 0 saturated carbocycles. The van der Waals surface area contributed by atoms with Gasteiger partial charge in [-0.25, -0.2) is 9.78 Å². The van der Waals surface area contributed by atoms with Gasteiger partial charge in [0.1, 0.15) is 6.54 Å². The normalized spacial score (nSPS) is 10.5. The molecule has 0 aliphatic heterocycles. The van der Waals surface area contributed by atoms with E-state index in [1.807, 2.05) is 41.8 Å². The molecule has 3 amide bonds. The van der Waals surface area contributed by atoms with E-state index < -0.39 is 6.03 Å². The number of thiophene rings is 1. The minimum Gasteiger partial charge on any atom is -0.333 e. The summed E-state index contributed by atoms with van der Waals surface area (Å²) in [6.07, 6.45) is 1.59. The van der Waals surface area contributed by atoms with Gasteiger partial charge in [0.25, 0.3) is 0 Å². The van der Waals surface area contributed by atoms with Gasteiger partial charge in [-0.3, -0.25) is 10.1 Å². The lowest BCUT2D eigenvalue weighted by Crippen LogP contribution is -2.40. The highest BCUT2D eigenvalue weighted by atomic mass is 32.1. The molecule has 6 nitrogen and oxygen atoms in total. The third-order valence-corrected chi connectivity index (χ3v) is 3.97. The molecule has 2 N–H and O–H groups in total. The Morgan fingerprint density at radius 1 is 1.18 bits per heavy atom. The Morgan fingerprint density at radius 3 is 2.86 bits per heavy atom. The lowest BCUT2D eigenvalue weighted by Gasteiger charge is -2.07. The van der Waals surface area contributed by atoms with Crippen molar-refractivity contribution < 1.29 is 9.59 Å². The molecule has 2 heterocycles. The first-order chi connectivity index (χ1) is 10.7. The Hall–Kier alpha value is -2.67. The molecule has 22 heavy (non-hydrogen) atoms. The summed E-state index contributed by atoms with van der Waals surface area (Å²) < 4.78 is 1.71. The Bertz CT molecular complexity index is 795. The van der Waals surface area contributed by atoms with E-state index in [1.54, 1.807) is 22.2 Å². The SMILES string of the molecule is O=C(Cn1cnc2ccccc21)NC(=O)NCc1cccs1. The lowest BCUT2D eigenvalue weighted by molar-refractivity contribution is -0.120. The zero-order valence-electron chi connectivity index (χ0n) is 11.7. The van der Waals surface area contributed by atoms with Crippen LogP contribution in [-0.2, 0) is 17.9 Å². The van der Waals surface area contributed by atoms with Gasteiger partial charge in [0.15, 0.2) is 0 Å². The molecule has 0 spiro atoms. The first kappa shape index (κ1) is 14.3. The van der Waals surface area contributed by atoms with Crippen molar-refractivity contribution in [2.45, 2.75) is 13.1 Å². The molecule has 2 aromatic heterocycles. The predicted octanol–water partition coefficient (Wildman–Crippen LogP) is 2.12. The van der Waals surface area contributed by atoms with Crippen molar-refractivity contribution in [3.63, 3.8) is 0 Å². The van der Waals surface area contributed by atoms with Crippen LogP contribution in [0.3, 0.4) is 0 Å². The molecular weight excluding hydrogens is 300 g/mol. The van der Waals surface area contributed by atoms with Gasteiger partial charge < -0.3 is 9.88 Å². The maximum Gasteiger partial charge on any atom is 0.321 e. The number of imide groups is 1. The monoisotopic (exact) mass is 314 g/mol. The number of urea groups is 1. The average molecular weight is 314 g/mol. The summed E-state index contributed by atoms with van der Waals surface area (Å²) in [4.78, 5) is 28.8. The van der Waals surface area contributed by atoms with Crippen LogP contribution >= 0.6 is 11.3 Å². The summed E-state index contributed by atoms with van der Waals surface area (Å²) in [5.41, 5.74) is 1.68. The number of nitrogens with one attached hydrogen (secondary N) is 2. The molecule has 0 radical (unpaired) electrons. The lowest BCUT2D eigenvalue weighted by atomic mass is 10.3. The van der Waals surface area contributed by atoms with E-state index in [0.29, 0.717) is 6.54 Å². The summed E-state index contributed by atoms with van der Waals surface area (Å²) in [7, 11) is 0. The molecule has 0 saturated heterocycles. The quantitative estimate of drug-likeness (QED) is 0.774. The number of carbonyl (C=O) groups is 2. The van der Waals surface area contributed by atoms with Crippen LogP contribution in [0.25, 0.3) is 11.0 Å². The number of aromatic nitrogens is 2. The highest BCUT2D eigenvalue weighted by Gasteiger charge is 2.10. The summed E-state index contributed by atoms with van der Waals surface area (Å²) in [5.74, 6) is -0.383. The molecule has 0 bridgehead atoms. The number of para-hydroxylation sites is 2. The third-order valence-electron chi connectivity index (χ3n) is 3.10. The van der Waals surface area contributed by atoms with Gasteiger partial charge in [-0.05, 0) is 23.6 Å². The molecule has 112 valence electrons. The van der Waals surface area contributed by atoms with Gasteiger partial charge in [0, 0.05) is 4.88 Å². The van der Waals surface area contributed by atoms with Gasteiger partial charge in [0.05, 0.1) is 23.9 Å². The van der Waals surface area contributed by atoms with Gasteiger partial charge in [0.2, 0.25) is 5.91 Å². The number of hydrogen-bond acceptors (Lipinski definition) is 4. The number of nitrogens with zero attached hydrogens (tertiary/aromatic N) is 2. The van der Waals surface area contributed by atoms with Crippen molar-refractivity contribution in [1.29, 1.82) is 0 Å². The highest BCUT2D eigenvalue weighted by molar-refractivity contribution is 7.09. The van der Waals surface area contributed by atoms with Crippen LogP contribution in [-0.4, -0.2) is 21.5 Å². The number of hydrogen-bond donors (Lipinski definition) is 2. The molecule has 0 fully saturated rings. The van der Waals surface area contributed by atoms with E-state index >= 15 is 0 Å². The van der Waals surface area contributed by atoms with Gasteiger partial charge in [-0.2, -0.15) is 0 Å². The minimum atomic E-state index is -0.497. The largest absolute Gasteiger partial charge is 0.333 e. The summed E-state index contributed by atoms with van der Waals surface area (Å²) in [5, 5.41) is 6.89. The van der Waals surface area contributed by atoms with E-state index in [1.165, 1.54) is 0 Å². The Morgan fingerprint density at radius 2 is 2.05 bits per heavy atom. The maximum atomic E-state index is 11.9. The molecule has 0 aliphatic rings. The number of amides is 3. The first-order valence-corrected chi connectivity index (χ1v) is 7.60. The number of imidazole rings is 1.